The second kappa shape index (κ2) is 6.51. The van der Waals surface area contributed by atoms with Crippen molar-refractivity contribution in [1.29, 1.82) is 5.26 Å². The van der Waals surface area contributed by atoms with Gasteiger partial charge in [-0.25, -0.2) is 0 Å². The van der Waals surface area contributed by atoms with Gasteiger partial charge in [-0.15, -0.1) is 0 Å². The molecular weight excluding hydrogens is 252 g/mol. The molecule has 1 aromatic rings. The number of piperazine rings is 1. The Labute approximate surface area is 119 Å². The van der Waals surface area contributed by atoms with Gasteiger partial charge in [-0.3, -0.25) is 9.69 Å². The number of carbonyl (C=O) groups is 1. The van der Waals surface area contributed by atoms with Gasteiger partial charge < -0.3 is 10.2 Å². The van der Waals surface area contributed by atoms with Crippen molar-refractivity contribution in [2.45, 2.75) is 13.0 Å². The summed E-state index contributed by atoms with van der Waals surface area (Å²) in [4.78, 5) is 16.5. The monoisotopic (exact) mass is 272 g/mol. The smallest absolute Gasteiger partial charge is 0.238 e. The molecule has 106 valence electrons. The lowest BCUT2D eigenvalue weighted by Gasteiger charge is -2.37. The average molecular weight is 272 g/mol. The third kappa shape index (κ3) is 3.80. The van der Waals surface area contributed by atoms with E-state index >= 15 is 0 Å². The lowest BCUT2D eigenvalue weighted by atomic mass is 10.2. The topological polar surface area (TPSA) is 59.4 Å². The van der Waals surface area contributed by atoms with Crippen molar-refractivity contribution in [1.82, 2.24) is 9.80 Å². The molecule has 20 heavy (non-hydrogen) atoms. The number of nitriles is 1. The van der Waals surface area contributed by atoms with Crippen LogP contribution in [0.25, 0.3) is 0 Å². The van der Waals surface area contributed by atoms with E-state index in [-0.39, 0.29) is 5.91 Å². The van der Waals surface area contributed by atoms with Crippen LogP contribution in [-0.4, -0.2) is 55.0 Å². The summed E-state index contributed by atoms with van der Waals surface area (Å²) < 4.78 is 0. The third-order valence-corrected chi connectivity index (χ3v) is 3.69. The Hall–Kier alpha value is -1.90. The predicted octanol–water partition coefficient (Wildman–Crippen LogP) is 1.13. The molecule has 5 nitrogen and oxygen atoms in total. The number of carbonyl (C=O) groups excluding carboxylic acids is 1. The summed E-state index contributed by atoms with van der Waals surface area (Å²) in [7, 11) is 2.11. The van der Waals surface area contributed by atoms with Gasteiger partial charge in [-0.2, -0.15) is 5.26 Å². The molecule has 0 radical (unpaired) electrons. The molecule has 1 aromatic carbocycles. The summed E-state index contributed by atoms with van der Waals surface area (Å²) >= 11 is 0. The van der Waals surface area contributed by atoms with E-state index in [2.05, 4.69) is 35.2 Å². The largest absolute Gasteiger partial charge is 0.325 e. The van der Waals surface area contributed by atoms with Crippen molar-refractivity contribution in [3.05, 3.63) is 29.8 Å². The van der Waals surface area contributed by atoms with Crippen molar-refractivity contribution < 1.29 is 4.79 Å². The molecule has 5 heteroatoms. The first-order valence-electron chi connectivity index (χ1n) is 6.81. The van der Waals surface area contributed by atoms with Crippen molar-refractivity contribution in [3.8, 4) is 6.07 Å². The second-order valence-electron chi connectivity index (χ2n) is 5.31. The van der Waals surface area contributed by atoms with E-state index in [4.69, 9.17) is 5.26 Å². The van der Waals surface area contributed by atoms with Crippen LogP contribution < -0.4 is 5.32 Å². The maximum Gasteiger partial charge on any atom is 0.238 e. The summed E-state index contributed by atoms with van der Waals surface area (Å²) in [6.07, 6.45) is 0. The fourth-order valence-electron chi connectivity index (χ4n) is 2.34. The van der Waals surface area contributed by atoms with E-state index in [1.54, 1.807) is 24.3 Å². The zero-order chi connectivity index (χ0) is 14.5. The first kappa shape index (κ1) is 14.5. The lowest BCUT2D eigenvalue weighted by molar-refractivity contribution is -0.117. The predicted molar refractivity (Wildman–Crippen MR) is 78.3 cm³/mol. The van der Waals surface area contributed by atoms with Crippen molar-refractivity contribution in [3.63, 3.8) is 0 Å². The molecule has 0 saturated carbocycles. The maximum absolute atomic E-state index is 12.0. The SMILES string of the molecule is CC1CN(CC(=O)Nc2cccc(C#N)c2)CCN1C. The molecule has 1 fully saturated rings. The molecule has 1 atom stereocenters. The number of likely N-dealkylation sites (N-methyl/N-ethyl adjacent to an activating group) is 1. The maximum atomic E-state index is 12.0. The van der Waals surface area contributed by atoms with Crippen LogP contribution in [0.15, 0.2) is 24.3 Å². The highest BCUT2D eigenvalue weighted by Gasteiger charge is 2.22. The number of benzene rings is 1. The Kier molecular flexibility index (Phi) is 4.72. The fraction of sp³-hybridized carbons (Fsp3) is 0.467. The zero-order valence-electron chi connectivity index (χ0n) is 12.0. The summed E-state index contributed by atoms with van der Waals surface area (Å²) in [6.45, 7) is 5.36. The van der Waals surface area contributed by atoms with Gasteiger partial charge in [0.25, 0.3) is 0 Å². The van der Waals surface area contributed by atoms with Crippen LogP contribution in [0.4, 0.5) is 5.69 Å². The molecule has 2 rings (SSSR count). The molecule has 1 unspecified atom stereocenters. The lowest BCUT2D eigenvalue weighted by Crippen LogP contribution is -2.51. The van der Waals surface area contributed by atoms with Crippen molar-refractivity contribution in [2.24, 2.45) is 0 Å². The molecule has 0 spiro atoms. The summed E-state index contributed by atoms with van der Waals surface area (Å²) in [6, 6.07) is 9.51. The van der Waals surface area contributed by atoms with Gasteiger partial charge >= 0.3 is 0 Å². The van der Waals surface area contributed by atoms with Gasteiger partial charge in [0, 0.05) is 31.4 Å². The van der Waals surface area contributed by atoms with Gasteiger partial charge in [-0.1, -0.05) is 6.07 Å². The minimum absolute atomic E-state index is 0.0307. The molecule has 1 N–H and O–H groups in total. The Morgan fingerprint density at radius 1 is 1.50 bits per heavy atom. The van der Waals surface area contributed by atoms with Crippen molar-refractivity contribution in [2.75, 3.05) is 38.5 Å². The highest BCUT2D eigenvalue weighted by molar-refractivity contribution is 5.92. The second-order valence-corrected chi connectivity index (χ2v) is 5.31. The number of nitrogens with one attached hydrogen (secondary N) is 1. The quantitative estimate of drug-likeness (QED) is 0.896. The van der Waals surface area contributed by atoms with Crippen LogP contribution in [0.2, 0.25) is 0 Å². The van der Waals surface area contributed by atoms with Crippen LogP contribution in [-0.2, 0) is 4.79 Å². The van der Waals surface area contributed by atoms with E-state index in [0.29, 0.717) is 23.8 Å². The number of hydrogen-bond acceptors (Lipinski definition) is 4. The van der Waals surface area contributed by atoms with E-state index in [1.165, 1.54) is 0 Å². The number of hydrogen-bond donors (Lipinski definition) is 1. The van der Waals surface area contributed by atoms with Crippen LogP contribution in [0.3, 0.4) is 0 Å². The summed E-state index contributed by atoms with van der Waals surface area (Å²) in [5.74, 6) is -0.0307. The van der Waals surface area contributed by atoms with Gasteiger partial charge in [0.05, 0.1) is 18.2 Å². The molecule has 1 heterocycles. The summed E-state index contributed by atoms with van der Waals surface area (Å²) in [5, 5.41) is 11.7. The molecule has 1 aliphatic heterocycles. The first-order chi connectivity index (χ1) is 9.58. The van der Waals surface area contributed by atoms with Crippen molar-refractivity contribution >= 4 is 11.6 Å². The molecular formula is C15H20N4O. The van der Waals surface area contributed by atoms with E-state index in [0.717, 1.165) is 19.6 Å². The van der Waals surface area contributed by atoms with Gasteiger partial charge in [-0.05, 0) is 32.2 Å². The van der Waals surface area contributed by atoms with E-state index in [1.807, 2.05) is 0 Å². The molecule has 1 saturated heterocycles. The van der Waals surface area contributed by atoms with E-state index < -0.39 is 0 Å². The standard InChI is InChI=1S/C15H20N4O/c1-12-10-19(7-6-18(12)2)11-15(20)17-14-5-3-4-13(8-14)9-16/h3-5,8,12H,6-7,10-11H2,1-2H3,(H,17,20). The molecule has 1 aliphatic rings. The highest BCUT2D eigenvalue weighted by Crippen LogP contribution is 2.11. The van der Waals surface area contributed by atoms with Gasteiger partial charge in [0.2, 0.25) is 5.91 Å². The molecule has 0 bridgehead atoms. The van der Waals surface area contributed by atoms with Crippen LogP contribution in [0.1, 0.15) is 12.5 Å². The molecule has 0 aliphatic carbocycles. The van der Waals surface area contributed by atoms with Crippen LogP contribution in [0.5, 0.6) is 0 Å². The highest BCUT2D eigenvalue weighted by atomic mass is 16.2. The van der Waals surface area contributed by atoms with Gasteiger partial charge in [0.1, 0.15) is 0 Å². The Morgan fingerprint density at radius 3 is 3.00 bits per heavy atom. The van der Waals surface area contributed by atoms with Crippen LogP contribution in [0, 0.1) is 11.3 Å². The number of amides is 1. The third-order valence-electron chi connectivity index (χ3n) is 3.69. The Bertz CT molecular complexity index is 523. The Morgan fingerprint density at radius 2 is 2.30 bits per heavy atom. The fourth-order valence-corrected chi connectivity index (χ4v) is 2.34. The van der Waals surface area contributed by atoms with Gasteiger partial charge in [0.15, 0.2) is 0 Å². The number of rotatable bonds is 3. The zero-order valence-corrected chi connectivity index (χ0v) is 12.0. The molecule has 1 amide bonds. The van der Waals surface area contributed by atoms with E-state index in [9.17, 15) is 4.79 Å². The minimum Gasteiger partial charge on any atom is -0.325 e. The summed E-state index contributed by atoms with van der Waals surface area (Å²) in [5.41, 5.74) is 1.23. The minimum atomic E-state index is -0.0307. The normalized spacial score (nSPS) is 20.4. The number of anilines is 1. The molecule has 0 aromatic heterocycles. The number of nitrogens with zero attached hydrogens (tertiary/aromatic N) is 3. The first-order valence-corrected chi connectivity index (χ1v) is 6.81. The average Bonchev–Trinajstić information content (AvgIpc) is 2.43. The Balaban J connectivity index is 1.88. The van der Waals surface area contributed by atoms with Crippen LogP contribution >= 0.6 is 0 Å².